The molecule has 1 aromatic carbocycles. The van der Waals surface area contributed by atoms with Crippen molar-refractivity contribution in [1.29, 1.82) is 0 Å². The van der Waals surface area contributed by atoms with Crippen LogP contribution in [0.5, 0.6) is 0 Å². The van der Waals surface area contributed by atoms with Gasteiger partial charge in [-0.05, 0) is 12.1 Å². The van der Waals surface area contributed by atoms with E-state index < -0.39 is 4.92 Å². The lowest BCUT2D eigenvalue weighted by atomic mass is 10.2. The van der Waals surface area contributed by atoms with Gasteiger partial charge in [0.25, 0.3) is 0 Å². The highest BCUT2D eigenvalue weighted by Crippen LogP contribution is 2.20. The molecule has 0 bridgehead atoms. The minimum absolute atomic E-state index is 0.129. The molecule has 6 nitrogen and oxygen atoms in total. The van der Waals surface area contributed by atoms with Crippen LogP contribution in [-0.4, -0.2) is 22.4 Å². The van der Waals surface area contributed by atoms with Gasteiger partial charge >= 0.3 is 0 Å². The van der Waals surface area contributed by atoms with E-state index in [1.165, 1.54) is 0 Å². The van der Waals surface area contributed by atoms with Crippen LogP contribution in [0.2, 0.25) is 0 Å². The van der Waals surface area contributed by atoms with Gasteiger partial charge in [-0.25, -0.2) is 0 Å². The van der Waals surface area contributed by atoms with Crippen molar-refractivity contribution >= 4 is 22.5 Å². The predicted molar refractivity (Wildman–Crippen MR) is 71.5 cm³/mol. The number of hydrogen-bond donors (Lipinski definition) is 1. The first-order valence-electron chi connectivity index (χ1n) is 5.92. The molecular formula is C13H13N3O3. The van der Waals surface area contributed by atoms with Gasteiger partial charge in [0.15, 0.2) is 0 Å². The third kappa shape index (κ3) is 3.48. The van der Waals surface area contributed by atoms with Crippen LogP contribution in [-0.2, 0) is 4.79 Å². The lowest BCUT2D eigenvalue weighted by molar-refractivity contribution is -0.480. The van der Waals surface area contributed by atoms with E-state index in [0.717, 1.165) is 5.39 Å². The van der Waals surface area contributed by atoms with Crippen LogP contribution in [0.25, 0.3) is 10.9 Å². The maximum atomic E-state index is 11.7. The molecule has 0 saturated heterocycles. The first-order chi connectivity index (χ1) is 9.16. The van der Waals surface area contributed by atoms with Crippen molar-refractivity contribution < 1.29 is 9.72 Å². The number of carbonyl (C=O) groups excluding carboxylic acids is 1. The molecule has 0 aliphatic rings. The summed E-state index contributed by atoms with van der Waals surface area (Å²) in [7, 11) is 0. The fraction of sp³-hybridized carbons (Fsp3) is 0.231. The molecule has 6 heteroatoms. The van der Waals surface area contributed by atoms with E-state index in [4.69, 9.17) is 0 Å². The van der Waals surface area contributed by atoms with E-state index >= 15 is 0 Å². The lowest BCUT2D eigenvalue weighted by Gasteiger charge is -2.07. The average molecular weight is 259 g/mol. The first kappa shape index (κ1) is 12.9. The van der Waals surface area contributed by atoms with Gasteiger partial charge in [0.1, 0.15) is 0 Å². The van der Waals surface area contributed by atoms with Gasteiger partial charge in [-0.1, -0.05) is 18.2 Å². The fourth-order valence-electron chi connectivity index (χ4n) is 1.79. The summed E-state index contributed by atoms with van der Waals surface area (Å²) in [5.41, 5.74) is 1.34. The number of hydrogen-bond acceptors (Lipinski definition) is 4. The van der Waals surface area contributed by atoms with Gasteiger partial charge in [-0.2, -0.15) is 0 Å². The number of rotatable bonds is 5. The zero-order chi connectivity index (χ0) is 13.7. The number of aromatic nitrogens is 1. The van der Waals surface area contributed by atoms with Crippen molar-refractivity contribution in [3.63, 3.8) is 0 Å². The van der Waals surface area contributed by atoms with E-state index in [-0.39, 0.29) is 25.3 Å². The van der Waals surface area contributed by atoms with Crippen molar-refractivity contribution in [2.75, 3.05) is 11.9 Å². The number of nitrogens with one attached hydrogen (secondary N) is 1. The third-order valence-corrected chi connectivity index (χ3v) is 2.65. The molecule has 0 atom stereocenters. The molecule has 1 amide bonds. The second kappa shape index (κ2) is 5.90. The van der Waals surface area contributed by atoms with Crippen LogP contribution in [0.3, 0.4) is 0 Å². The summed E-state index contributed by atoms with van der Waals surface area (Å²) in [6.45, 7) is -0.193. The van der Waals surface area contributed by atoms with E-state index in [0.29, 0.717) is 11.2 Å². The number of nitro groups is 1. The zero-order valence-electron chi connectivity index (χ0n) is 10.2. The number of benzene rings is 1. The van der Waals surface area contributed by atoms with Gasteiger partial charge in [0, 0.05) is 29.3 Å². The van der Waals surface area contributed by atoms with Crippen LogP contribution in [0.15, 0.2) is 36.5 Å². The molecule has 1 heterocycles. The highest BCUT2D eigenvalue weighted by Gasteiger charge is 2.07. The number of para-hydroxylation sites is 1. The Morgan fingerprint density at radius 2 is 2.11 bits per heavy atom. The van der Waals surface area contributed by atoms with Crippen molar-refractivity contribution in [2.45, 2.75) is 12.8 Å². The highest BCUT2D eigenvalue weighted by molar-refractivity contribution is 6.00. The molecule has 0 fully saturated rings. The molecular weight excluding hydrogens is 246 g/mol. The van der Waals surface area contributed by atoms with Crippen molar-refractivity contribution in [2.24, 2.45) is 0 Å². The minimum atomic E-state index is -0.424. The number of anilines is 1. The Hall–Kier alpha value is -2.50. The maximum absolute atomic E-state index is 11.7. The van der Waals surface area contributed by atoms with Crippen LogP contribution >= 0.6 is 0 Å². The second-order valence-corrected chi connectivity index (χ2v) is 4.09. The Bertz CT molecular complexity index is 608. The van der Waals surface area contributed by atoms with Gasteiger partial charge in [0.2, 0.25) is 12.5 Å². The summed E-state index contributed by atoms with van der Waals surface area (Å²) >= 11 is 0. The maximum Gasteiger partial charge on any atom is 0.224 e. The summed E-state index contributed by atoms with van der Waals surface area (Å²) in [4.78, 5) is 25.6. The molecule has 19 heavy (non-hydrogen) atoms. The summed E-state index contributed by atoms with van der Waals surface area (Å²) in [6, 6.07) is 9.23. The lowest BCUT2D eigenvalue weighted by Crippen LogP contribution is -2.13. The number of amides is 1. The molecule has 0 unspecified atom stereocenters. The molecule has 98 valence electrons. The summed E-state index contributed by atoms with van der Waals surface area (Å²) < 4.78 is 0. The Labute approximate surface area is 109 Å². The quantitative estimate of drug-likeness (QED) is 0.659. The van der Waals surface area contributed by atoms with Gasteiger partial charge in [-0.3, -0.25) is 19.9 Å². The van der Waals surface area contributed by atoms with E-state index in [9.17, 15) is 14.9 Å². The van der Waals surface area contributed by atoms with E-state index in [2.05, 4.69) is 10.3 Å². The van der Waals surface area contributed by atoms with Gasteiger partial charge in [-0.15, -0.1) is 0 Å². The van der Waals surface area contributed by atoms with Crippen molar-refractivity contribution in [3.8, 4) is 0 Å². The highest BCUT2D eigenvalue weighted by atomic mass is 16.6. The van der Waals surface area contributed by atoms with Crippen LogP contribution < -0.4 is 5.32 Å². The Morgan fingerprint density at radius 3 is 2.89 bits per heavy atom. The number of fused-ring (bicyclic) bond motifs is 1. The third-order valence-electron chi connectivity index (χ3n) is 2.65. The Morgan fingerprint density at radius 1 is 1.32 bits per heavy atom. The molecule has 0 aliphatic heterocycles. The van der Waals surface area contributed by atoms with Crippen LogP contribution in [0.4, 0.5) is 5.69 Å². The molecule has 0 aliphatic carbocycles. The van der Waals surface area contributed by atoms with Crippen molar-refractivity contribution in [1.82, 2.24) is 4.98 Å². The smallest absolute Gasteiger partial charge is 0.224 e. The van der Waals surface area contributed by atoms with E-state index in [1.807, 2.05) is 24.3 Å². The molecule has 0 radical (unpaired) electrons. The largest absolute Gasteiger partial charge is 0.324 e. The fourth-order valence-corrected chi connectivity index (χ4v) is 1.79. The SMILES string of the molecule is O=C(CCC[N+](=O)[O-])Nc1cccc2cccnc12. The summed E-state index contributed by atoms with van der Waals surface area (Å²) in [5, 5.41) is 13.8. The monoisotopic (exact) mass is 259 g/mol. The standard InChI is InChI=1S/C13H13N3O3/c17-12(7-3-9-16(18)19)15-11-6-1-4-10-5-2-8-14-13(10)11/h1-2,4-6,8H,3,7,9H2,(H,15,17). The summed E-state index contributed by atoms with van der Waals surface area (Å²) in [6.07, 6.45) is 2.02. The molecule has 1 N–H and O–H groups in total. The molecule has 0 saturated carbocycles. The Balaban J connectivity index is 2.05. The summed E-state index contributed by atoms with van der Waals surface area (Å²) in [5.74, 6) is -0.236. The predicted octanol–water partition coefficient (Wildman–Crippen LogP) is 2.23. The normalized spacial score (nSPS) is 10.3. The number of carbonyl (C=O) groups is 1. The van der Waals surface area contributed by atoms with Gasteiger partial charge in [0.05, 0.1) is 11.2 Å². The Kier molecular flexibility index (Phi) is 4.02. The second-order valence-electron chi connectivity index (χ2n) is 4.09. The molecule has 0 spiro atoms. The van der Waals surface area contributed by atoms with Crippen molar-refractivity contribution in [3.05, 3.63) is 46.6 Å². The molecule has 2 rings (SSSR count). The average Bonchev–Trinajstić information content (AvgIpc) is 2.39. The topological polar surface area (TPSA) is 85.1 Å². The van der Waals surface area contributed by atoms with Crippen LogP contribution in [0, 0.1) is 10.1 Å². The molecule has 1 aromatic heterocycles. The first-order valence-corrected chi connectivity index (χ1v) is 5.92. The van der Waals surface area contributed by atoms with E-state index in [1.54, 1.807) is 12.3 Å². The number of nitrogens with zero attached hydrogens (tertiary/aromatic N) is 2. The molecule has 2 aromatic rings. The number of pyridine rings is 1. The minimum Gasteiger partial charge on any atom is -0.324 e. The van der Waals surface area contributed by atoms with Crippen LogP contribution in [0.1, 0.15) is 12.8 Å². The zero-order valence-corrected chi connectivity index (χ0v) is 10.2. The van der Waals surface area contributed by atoms with Gasteiger partial charge < -0.3 is 5.32 Å².